The number of rotatable bonds is 1. The molecule has 112 valence electrons. The quantitative estimate of drug-likeness (QED) is 0.842. The highest BCUT2D eigenvalue weighted by atomic mass is 19.2. The van der Waals surface area contributed by atoms with E-state index in [0.29, 0.717) is 12.1 Å². The first kappa shape index (κ1) is 14.3. The van der Waals surface area contributed by atoms with Crippen molar-refractivity contribution >= 4 is 0 Å². The van der Waals surface area contributed by atoms with Gasteiger partial charge in [0.1, 0.15) is 0 Å². The Labute approximate surface area is 123 Å². The molecule has 1 heterocycles. The molecule has 0 radical (unpaired) electrons. The summed E-state index contributed by atoms with van der Waals surface area (Å²) in [7, 11) is 0. The Morgan fingerprint density at radius 2 is 1.90 bits per heavy atom. The average Bonchev–Trinajstić information content (AvgIpc) is 2.68. The lowest BCUT2D eigenvalue weighted by atomic mass is 9.75. The Balaban J connectivity index is 2.18. The molecule has 3 rings (SSSR count). The first-order chi connectivity index (χ1) is 9.78. The summed E-state index contributed by atoms with van der Waals surface area (Å²) in [5.41, 5.74) is 3.38. The summed E-state index contributed by atoms with van der Waals surface area (Å²) < 4.78 is 28.6. The third kappa shape index (κ3) is 2.38. The number of aryl methyl sites for hydroxylation is 1. The van der Waals surface area contributed by atoms with Crippen molar-refractivity contribution in [3.8, 4) is 5.69 Å². The normalized spacial score (nSPS) is 20.4. The van der Waals surface area contributed by atoms with Crippen molar-refractivity contribution in [1.82, 2.24) is 4.57 Å². The smallest absolute Gasteiger partial charge is 0.160 e. The molecular weight excluding hydrogens is 272 g/mol. The van der Waals surface area contributed by atoms with Crippen LogP contribution in [0, 0.1) is 24.0 Å². The second-order valence-electron chi connectivity index (χ2n) is 6.68. The van der Waals surface area contributed by atoms with Gasteiger partial charge in [0.05, 0.1) is 6.10 Å². The van der Waals surface area contributed by atoms with Crippen LogP contribution in [0.3, 0.4) is 0 Å². The zero-order chi connectivity index (χ0) is 15.4. The molecule has 1 atom stereocenters. The molecule has 0 fully saturated rings. The molecule has 0 aliphatic heterocycles. The van der Waals surface area contributed by atoms with Crippen molar-refractivity contribution < 1.29 is 13.9 Å². The van der Waals surface area contributed by atoms with Gasteiger partial charge in [0.25, 0.3) is 0 Å². The van der Waals surface area contributed by atoms with E-state index in [4.69, 9.17) is 0 Å². The Kier molecular flexibility index (Phi) is 3.17. The highest BCUT2D eigenvalue weighted by molar-refractivity contribution is 5.44. The number of fused-ring (bicyclic) bond motifs is 1. The number of aliphatic hydroxyl groups excluding tert-OH is 1. The van der Waals surface area contributed by atoms with E-state index in [2.05, 4.69) is 13.8 Å². The maximum Gasteiger partial charge on any atom is 0.160 e. The van der Waals surface area contributed by atoms with E-state index in [1.165, 1.54) is 6.07 Å². The van der Waals surface area contributed by atoms with Crippen molar-refractivity contribution in [3.63, 3.8) is 0 Å². The van der Waals surface area contributed by atoms with Gasteiger partial charge in [-0.2, -0.15) is 0 Å². The Morgan fingerprint density at radius 3 is 2.57 bits per heavy atom. The van der Waals surface area contributed by atoms with Gasteiger partial charge in [0.2, 0.25) is 0 Å². The summed E-state index contributed by atoms with van der Waals surface area (Å²) in [5.74, 6) is -1.71. The predicted molar refractivity (Wildman–Crippen MR) is 77.5 cm³/mol. The molecule has 2 aromatic rings. The lowest BCUT2D eigenvalue weighted by molar-refractivity contribution is 0.0987. The van der Waals surface area contributed by atoms with Gasteiger partial charge in [-0.15, -0.1) is 0 Å². The molecule has 2 nitrogen and oxygen atoms in total. The number of hydrogen-bond donors (Lipinski definition) is 1. The molecule has 1 aliphatic carbocycles. The summed E-state index contributed by atoms with van der Waals surface area (Å²) in [6.07, 6.45) is 1.00. The van der Waals surface area contributed by atoms with Crippen LogP contribution in [-0.2, 0) is 6.42 Å². The largest absolute Gasteiger partial charge is 0.388 e. The molecule has 21 heavy (non-hydrogen) atoms. The first-order valence-electron chi connectivity index (χ1n) is 7.13. The molecular formula is C17H19F2NO. The third-order valence-electron chi connectivity index (χ3n) is 4.23. The van der Waals surface area contributed by atoms with E-state index in [0.717, 1.165) is 29.4 Å². The van der Waals surface area contributed by atoms with Crippen LogP contribution < -0.4 is 0 Å². The minimum absolute atomic E-state index is 0.0203. The van der Waals surface area contributed by atoms with Crippen molar-refractivity contribution in [1.29, 1.82) is 0 Å². The molecule has 0 saturated carbocycles. The molecule has 0 saturated heterocycles. The Morgan fingerprint density at radius 1 is 1.19 bits per heavy atom. The van der Waals surface area contributed by atoms with Gasteiger partial charge in [-0.25, -0.2) is 8.78 Å². The number of aromatic nitrogens is 1. The number of aliphatic hydroxyl groups is 1. The summed E-state index contributed by atoms with van der Waals surface area (Å²) in [4.78, 5) is 0. The van der Waals surface area contributed by atoms with E-state index in [1.807, 2.05) is 17.6 Å². The van der Waals surface area contributed by atoms with Gasteiger partial charge in [-0.1, -0.05) is 13.8 Å². The minimum atomic E-state index is -0.857. The Hall–Kier alpha value is -1.68. The molecule has 1 unspecified atom stereocenters. The van der Waals surface area contributed by atoms with Gasteiger partial charge in [-0.3, -0.25) is 0 Å². The lowest BCUT2D eigenvalue weighted by Gasteiger charge is -2.34. The number of benzene rings is 1. The second kappa shape index (κ2) is 4.67. The van der Waals surface area contributed by atoms with Gasteiger partial charge in [0.15, 0.2) is 11.6 Å². The van der Waals surface area contributed by atoms with E-state index in [9.17, 15) is 13.9 Å². The zero-order valence-electron chi connectivity index (χ0n) is 12.5. The Bertz CT molecular complexity index is 703. The SMILES string of the molecule is Cc1cc2c(n1-c1ccc(F)c(F)c1)CC(C)(C)CC2O. The molecule has 4 heteroatoms. The summed E-state index contributed by atoms with van der Waals surface area (Å²) >= 11 is 0. The summed E-state index contributed by atoms with van der Waals surface area (Å²) in [5, 5.41) is 10.3. The highest BCUT2D eigenvalue weighted by Crippen LogP contribution is 2.42. The van der Waals surface area contributed by atoms with Crippen LogP contribution in [0.2, 0.25) is 0 Å². The van der Waals surface area contributed by atoms with Gasteiger partial charge < -0.3 is 9.67 Å². The number of hydrogen-bond acceptors (Lipinski definition) is 1. The van der Waals surface area contributed by atoms with Crippen LogP contribution in [0.15, 0.2) is 24.3 Å². The topological polar surface area (TPSA) is 25.2 Å². The van der Waals surface area contributed by atoms with Crippen LogP contribution in [-0.4, -0.2) is 9.67 Å². The maximum absolute atomic E-state index is 13.5. The van der Waals surface area contributed by atoms with Crippen molar-refractivity contribution in [3.05, 3.63) is 52.9 Å². The molecule has 1 aliphatic rings. The third-order valence-corrected chi connectivity index (χ3v) is 4.23. The lowest BCUT2D eigenvalue weighted by Crippen LogP contribution is -2.26. The highest BCUT2D eigenvalue weighted by Gasteiger charge is 2.34. The van der Waals surface area contributed by atoms with Crippen LogP contribution in [0.25, 0.3) is 5.69 Å². The van der Waals surface area contributed by atoms with Gasteiger partial charge in [-0.05, 0) is 43.4 Å². The van der Waals surface area contributed by atoms with Crippen LogP contribution in [0.1, 0.15) is 43.3 Å². The molecule has 1 aromatic carbocycles. The summed E-state index contributed by atoms with van der Waals surface area (Å²) in [6, 6.07) is 5.85. The molecule has 0 bridgehead atoms. The fourth-order valence-electron chi connectivity index (χ4n) is 3.33. The van der Waals surface area contributed by atoms with E-state index in [-0.39, 0.29) is 5.41 Å². The van der Waals surface area contributed by atoms with Crippen LogP contribution >= 0.6 is 0 Å². The average molecular weight is 291 g/mol. The summed E-state index contributed by atoms with van der Waals surface area (Å²) in [6.45, 7) is 6.13. The first-order valence-corrected chi connectivity index (χ1v) is 7.13. The van der Waals surface area contributed by atoms with Crippen LogP contribution in [0.4, 0.5) is 8.78 Å². The van der Waals surface area contributed by atoms with E-state index >= 15 is 0 Å². The van der Waals surface area contributed by atoms with E-state index in [1.54, 1.807) is 6.07 Å². The number of nitrogens with zero attached hydrogens (tertiary/aromatic N) is 1. The van der Waals surface area contributed by atoms with Crippen molar-refractivity contribution in [2.75, 3.05) is 0 Å². The van der Waals surface area contributed by atoms with Crippen molar-refractivity contribution in [2.45, 2.75) is 39.7 Å². The second-order valence-corrected chi connectivity index (χ2v) is 6.68. The molecule has 0 amide bonds. The standard InChI is InChI=1S/C17H19F2NO/c1-10-6-12-15(8-17(2,3)9-16(12)21)20(10)11-4-5-13(18)14(19)7-11/h4-7,16,21H,8-9H2,1-3H3. The molecule has 1 N–H and O–H groups in total. The maximum atomic E-state index is 13.5. The van der Waals surface area contributed by atoms with Crippen LogP contribution in [0.5, 0.6) is 0 Å². The zero-order valence-corrected chi connectivity index (χ0v) is 12.5. The van der Waals surface area contributed by atoms with Crippen molar-refractivity contribution in [2.24, 2.45) is 5.41 Å². The fourth-order valence-corrected chi connectivity index (χ4v) is 3.33. The monoisotopic (exact) mass is 291 g/mol. The fraction of sp³-hybridized carbons (Fsp3) is 0.412. The molecule has 1 aromatic heterocycles. The predicted octanol–water partition coefficient (Wildman–Crippen LogP) is 4.07. The minimum Gasteiger partial charge on any atom is -0.388 e. The molecule has 0 spiro atoms. The van der Waals surface area contributed by atoms with Gasteiger partial charge in [0, 0.05) is 28.7 Å². The van der Waals surface area contributed by atoms with Gasteiger partial charge >= 0.3 is 0 Å². The number of halogens is 2. The van der Waals surface area contributed by atoms with E-state index < -0.39 is 17.7 Å².